The van der Waals surface area contributed by atoms with Gasteiger partial charge in [0, 0.05) is 25.7 Å². The summed E-state index contributed by atoms with van der Waals surface area (Å²) in [6.07, 6.45) is 55.8. The Kier molecular flexibility index (Phi) is 65.9. The van der Waals surface area contributed by atoms with Crippen molar-refractivity contribution in [2.24, 2.45) is 5.92 Å². The molecule has 0 spiro atoms. The largest absolute Gasteiger partial charge is 0.472 e. The third kappa shape index (κ3) is 68.4. The van der Waals surface area contributed by atoms with Gasteiger partial charge < -0.3 is 33.8 Å². The van der Waals surface area contributed by atoms with Crippen LogP contribution in [-0.4, -0.2) is 96.7 Å². The van der Waals surface area contributed by atoms with Crippen molar-refractivity contribution in [2.75, 3.05) is 39.6 Å². The lowest BCUT2D eigenvalue weighted by molar-refractivity contribution is -0.161. The van der Waals surface area contributed by atoms with E-state index in [1.54, 1.807) is 0 Å². The second kappa shape index (κ2) is 67.3. The van der Waals surface area contributed by atoms with Crippen LogP contribution in [0.15, 0.2) is 0 Å². The predicted octanol–water partition coefficient (Wildman–Crippen LogP) is 21.7. The summed E-state index contributed by atoms with van der Waals surface area (Å²) in [5, 5.41) is 10.6. The van der Waals surface area contributed by atoms with E-state index in [9.17, 15) is 43.2 Å². The maximum Gasteiger partial charge on any atom is 0.472 e. The molecule has 0 saturated carbocycles. The molecule has 0 aromatic carbocycles. The lowest BCUT2D eigenvalue weighted by Gasteiger charge is -2.21. The minimum absolute atomic E-state index is 0.104. The van der Waals surface area contributed by atoms with E-state index >= 15 is 0 Å². The molecule has 0 rings (SSSR count). The average Bonchev–Trinajstić information content (AvgIpc) is 3.47. The summed E-state index contributed by atoms with van der Waals surface area (Å²) in [4.78, 5) is 72.5. The second-order valence-electron chi connectivity index (χ2n) is 27.2. The number of carbonyl (C=O) groups excluding carboxylic acids is 4. The minimum Gasteiger partial charge on any atom is -0.462 e. The first-order chi connectivity index (χ1) is 45.0. The van der Waals surface area contributed by atoms with Gasteiger partial charge in [-0.15, -0.1) is 0 Å². The predicted molar refractivity (Wildman–Crippen MR) is 377 cm³/mol. The van der Waals surface area contributed by atoms with E-state index < -0.39 is 97.5 Å². The van der Waals surface area contributed by atoms with E-state index in [-0.39, 0.29) is 25.7 Å². The molecule has 0 aromatic heterocycles. The molecular formula is C74H144O17P2. The van der Waals surface area contributed by atoms with E-state index in [1.807, 2.05) is 0 Å². The van der Waals surface area contributed by atoms with Crippen molar-refractivity contribution in [1.82, 2.24) is 0 Å². The number of hydrogen-bond donors (Lipinski definition) is 3. The topological polar surface area (TPSA) is 237 Å². The molecular weight excluding hydrogens is 1220 g/mol. The van der Waals surface area contributed by atoms with Crippen molar-refractivity contribution in [3.63, 3.8) is 0 Å². The Morgan fingerprint density at radius 2 is 0.495 bits per heavy atom. The molecule has 17 nitrogen and oxygen atoms in total. The SMILES string of the molecule is CCCCCCCCCCCCCCCCCCCCCCCCC(=O)O[C@H](COC(=O)CCCCCCCCCCCCCCC)COP(=O)(O)OC[C@@H](O)COP(=O)(O)OC[C@@H](COC(=O)CCCCCCCCCC)OC(=O)CCCCCCCCCC(C)C. The van der Waals surface area contributed by atoms with Crippen molar-refractivity contribution in [3.05, 3.63) is 0 Å². The van der Waals surface area contributed by atoms with E-state index in [4.69, 9.17) is 37.0 Å². The highest BCUT2D eigenvalue weighted by molar-refractivity contribution is 7.47. The van der Waals surface area contributed by atoms with Gasteiger partial charge in [-0.3, -0.25) is 37.3 Å². The van der Waals surface area contributed by atoms with Gasteiger partial charge in [-0.05, 0) is 31.6 Å². The lowest BCUT2D eigenvalue weighted by atomic mass is 10.0. The maximum absolute atomic E-state index is 13.1. The van der Waals surface area contributed by atoms with Crippen molar-refractivity contribution in [2.45, 2.75) is 406 Å². The Hall–Kier alpha value is -1.94. The molecule has 552 valence electrons. The first-order valence-corrected chi connectivity index (χ1v) is 41.6. The van der Waals surface area contributed by atoms with Crippen molar-refractivity contribution in [1.29, 1.82) is 0 Å². The third-order valence-corrected chi connectivity index (χ3v) is 19.2. The zero-order chi connectivity index (χ0) is 68.4. The van der Waals surface area contributed by atoms with Crippen molar-refractivity contribution >= 4 is 39.5 Å². The maximum atomic E-state index is 13.1. The van der Waals surface area contributed by atoms with Gasteiger partial charge >= 0.3 is 39.5 Å². The van der Waals surface area contributed by atoms with Crippen LogP contribution in [0.1, 0.15) is 388 Å². The molecule has 0 bridgehead atoms. The molecule has 0 aliphatic rings. The fourth-order valence-electron chi connectivity index (χ4n) is 11.4. The normalized spacial score (nSPS) is 14.0. The molecule has 0 radical (unpaired) electrons. The standard InChI is InChI=1S/C74H144O17P2/c1-6-9-12-15-18-21-23-25-26-27-28-29-30-31-32-33-35-37-39-44-49-54-59-73(78)90-69(64-85-72(77)58-53-48-43-38-36-34-24-22-19-16-13-10-7-2)65-88-92(80,81)86-61-68(75)62-87-93(82,83)89-66-70(63-84-71(76)57-52-47-42-20-17-14-11-8-3)91-74(79)60-55-50-45-40-41-46-51-56-67(4)5/h67-70,75H,6-66H2,1-5H3,(H,80,81)(H,82,83)/t68-,69-,70-/m1/s1. The Balaban J connectivity index is 5.14. The van der Waals surface area contributed by atoms with Gasteiger partial charge in [-0.2, -0.15) is 0 Å². The van der Waals surface area contributed by atoms with Crippen LogP contribution < -0.4 is 0 Å². The highest BCUT2D eigenvalue weighted by atomic mass is 31.2. The lowest BCUT2D eigenvalue weighted by Crippen LogP contribution is -2.30. The summed E-state index contributed by atoms with van der Waals surface area (Å²) in [6.45, 7) is 7.18. The van der Waals surface area contributed by atoms with Gasteiger partial charge in [-0.25, -0.2) is 9.13 Å². The van der Waals surface area contributed by atoms with Gasteiger partial charge in [-0.1, -0.05) is 336 Å². The summed E-state index contributed by atoms with van der Waals surface area (Å²) in [6, 6.07) is 0. The number of esters is 4. The van der Waals surface area contributed by atoms with Crippen LogP contribution >= 0.6 is 15.6 Å². The Morgan fingerprint density at radius 3 is 0.731 bits per heavy atom. The van der Waals surface area contributed by atoms with Crippen LogP contribution in [0.25, 0.3) is 0 Å². The molecule has 19 heteroatoms. The Morgan fingerprint density at radius 1 is 0.290 bits per heavy atom. The first-order valence-electron chi connectivity index (χ1n) is 38.6. The zero-order valence-electron chi connectivity index (χ0n) is 60.4. The third-order valence-electron chi connectivity index (χ3n) is 17.3. The van der Waals surface area contributed by atoms with E-state index in [0.717, 1.165) is 96.3 Å². The molecule has 93 heavy (non-hydrogen) atoms. The van der Waals surface area contributed by atoms with E-state index in [1.165, 1.54) is 205 Å². The minimum atomic E-state index is -4.95. The number of ether oxygens (including phenoxy) is 4. The number of aliphatic hydroxyl groups is 1. The van der Waals surface area contributed by atoms with Crippen LogP contribution in [0.2, 0.25) is 0 Å². The molecule has 5 atom stereocenters. The van der Waals surface area contributed by atoms with Gasteiger partial charge in [0.05, 0.1) is 26.4 Å². The molecule has 0 saturated heterocycles. The molecule has 0 aromatic rings. The number of phosphoric acid groups is 2. The monoisotopic (exact) mass is 1370 g/mol. The average molecular weight is 1370 g/mol. The fourth-order valence-corrected chi connectivity index (χ4v) is 12.9. The fraction of sp³-hybridized carbons (Fsp3) is 0.946. The Bertz CT molecular complexity index is 1790. The Labute approximate surface area is 568 Å². The van der Waals surface area contributed by atoms with Crippen LogP contribution in [0.4, 0.5) is 0 Å². The van der Waals surface area contributed by atoms with E-state index in [2.05, 4.69) is 34.6 Å². The highest BCUT2D eigenvalue weighted by Crippen LogP contribution is 2.45. The van der Waals surface area contributed by atoms with Gasteiger partial charge in [0.25, 0.3) is 0 Å². The first kappa shape index (κ1) is 91.1. The van der Waals surface area contributed by atoms with Gasteiger partial charge in [0.15, 0.2) is 12.2 Å². The summed E-state index contributed by atoms with van der Waals surface area (Å²) in [5.41, 5.74) is 0. The molecule has 0 fully saturated rings. The number of aliphatic hydroxyl groups excluding tert-OH is 1. The summed E-state index contributed by atoms with van der Waals surface area (Å²) >= 11 is 0. The van der Waals surface area contributed by atoms with Crippen LogP contribution in [0.5, 0.6) is 0 Å². The summed E-state index contributed by atoms with van der Waals surface area (Å²) in [7, 11) is -9.90. The van der Waals surface area contributed by atoms with Crippen LogP contribution in [-0.2, 0) is 65.4 Å². The second-order valence-corrected chi connectivity index (χ2v) is 30.1. The molecule has 0 amide bonds. The smallest absolute Gasteiger partial charge is 0.462 e. The van der Waals surface area contributed by atoms with Crippen LogP contribution in [0.3, 0.4) is 0 Å². The molecule has 0 aliphatic heterocycles. The number of hydrogen-bond acceptors (Lipinski definition) is 15. The van der Waals surface area contributed by atoms with Crippen LogP contribution in [0, 0.1) is 5.92 Å². The number of rotatable bonds is 74. The molecule has 3 N–H and O–H groups in total. The van der Waals surface area contributed by atoms with Gasteiger partial charge in [0.2, 0.25) is 0 Å². The zero-order valence-corrected chi connectivity index (χ0v) is 62.2. The molecule has 0 aliphatic carbocycles. The summed E-state index contributed by atoms with van der Waals surface area (Å²) < 4.78 is 68.3. The molecule has 2 unspecified atom stereocenters. The molecule has 0 heterocycles. The number of phosphoric ester groups is 2. The highest BCUT2D eigenvalue weighted by Gasteiger charge is 2.30. The van der Waals surface area contributed by atoms with E-state index in [0.29, 0.717) is 31.6 Å². The summed E-state index contributed by atoms with van der Waals surface area (Å²) in [5.74, 6) is -1.43. The van der Waals surface area contributed by atoms with Gasteiger partial charge in [0.1, 0.15) is 19.3 Å². The van der Waals surface area contributed by atoms with Crippen molar-refractivity contribution in [3.8, 4) is 0 Å². The number of unbranched alkanes of at least 4 members (excludes halogenated alkanes) is 46. The number of carbonyl (C=O) groups is 4. The quantitative estimate of drug-likeness (QED) is 0.0222. The van der Waals surface area contributed by atoms with Crippen molar-refractivity contribution < 1.29 is 80.2 Å².